The summed E-state index contributed by atoms with van der Waals surface area (Å²) < 4.78 is 3.04. The molecule has 0 amide bonds. The molecule has 17 heavy (non-hydrogen) atoms. The Morgan fingerprint density at radius 3 is 2.76 bits per heavy atom. The summed E-state index contributed by atoms with van der Waals surface area (Å²) in [6.45, 7) is 0.437. The molecule has 0 radical (unpaired) electrons. The smallest absolute Gasteiger partial charge is 0.253 e. The Hall–Kier alpha value is -0.790. The number of hydrogen-bond donors (Lipinski definition) is 0. The average Bonchev–Trinajstić information content (AvgIpc) is 2.76. The van der Waals surface area contributed by atoms with Crippen molar-refractivity contribution in [2.75, 3.05) is 0 Å². The predicted octanol–water partition coefficient (Wildman–Crippen LogP) is 2.63. The van der Waals surface area contributed by atoms with Gasteiger partial charge in [-0.25, -0.2) is 4.68 Å². The highest BCUT2D eigenvalue weighted by Gasteiger charge is 2.14. The quantitative estimate of drug-likeness (QED) is 0.768. The molecule has 0 saturated heterocycles. The van der Waals surface area contributed by atoms with Gasteiger partial charge in [0.2, 0.25) is 0 Å². The number of rotatable bonds is 3. The normalized spacial score (nSPS) is 10.5. The molecule has 1 heterocycles. The van der Waals surface area contributed by atoms with Crippen LogP contribution < -0.4 is 0 Å². The fourth-order valence-electron chi connectivity index (χ4n) is 1.31. The first-order valence-corrected chi connectivity index (χ1v) is 6.43. The lowest BCUT2D eigenvalue weighted by Gasteiger charge is -2.09. The number of carbonyl (C=O) groups excluding carboxylic acids is 1. The minimum Gasteiger partial charge on any atom is -0.276 e. The van der Waals surface area contributed by atoms with E-state index in [1.165, 1.54) is 6.33 Å². The molecule has 0 spiro atoms. The molecule has 88 valence electrons. The van der Waals surface area contributed by atoms with E-state index >= 15 is 0 Å². The highest BCUT2D eigenvalue weighted by atomic mass is 79.9. The summed E-state index contributed by atoms with van der Waals surface area (Å²) in [5.74, 6) is 0. The van der Waals surface area contributed by atoms with E-state index in [1.54, 1.807) is 16.8 Å². The summed E-state index contributed by atoms with van der Waals surface area (Å²) >= 11 is 12.3. The van der Waals surface area contributed by atoms with Crippen LogP contribution in [0.15, 0.2) is 27.4 Å². The van der Waals surface area contributed by atoms with E-state index in [4.69, 9.17) is 11.6 Å². The number of hydrogen-bond acceptors (Lipinski definition) is 4. The van der Waals surface area contributed by atoms with Gasteiger partial charge in [0.15, 0.2) is 0 Å². The van der Waals surface area contributed by atoms with Gasteiger partial charge in [0.05, 0.1) is 6.54 Å². The minimum atomic E-state index is -0.512. The Kier molecular flexibility index (Phi) is 3.90. The van der Waals surface area contributed by atoms with Crippen molar-refractivity contribution in [3.8, 4) is 0 Å². The van der Waals surface area contributed by atoms with Gasteiger partial charge < -0.3 is 0 Å². The number of benzene rings is 1. The van der Waals surface area contributed by atoms with Gasteiger partial charge in [0, 0.05) is 20.1 Å². The lowest BCUT2D eigenvalue weighted by Crippen LogP contribution is -2.04. The average molecular weight is 380 g/mol. The number of tetrazole rings is 1. The van der Waals surface area contributed by atoms with Crippen molar-refractivity contribution < 1.29 is 4.79 Å². The zero-order valence-corrected chi connectivity index (χ0v) is 12.2. The molecule has 0 atom stereocenters. The van der Waals surface area contributed by atoms with E-state index in [0.29, 0.717) is 16.6 Å². The van der Waals surface area contributed by atoms with Crippen LogP contribution in [0.25, 0.3) is 0 Å². The second kappa shape index (κ2) is 5.24. The fraction of sp³-hybridized carbons (Fsp3) is 0.111. The molecular weight excluding hydrogens is 375 g/mol. The molecule has 2 aromatic rings. The van der Waals surface area contributed by atoms with Gasteiger partial charge in [0.25, 0.3) is 5.24 Å². The van der Waals surface area contributed by atoms with Crippen molar-refractivity contribution in [1.82, 2.24) is 20.2 Å². The molecule has 5 nitrogen and oxygen atoms in total. The zero-order valence-electron chi connectivity index (χ0n) is 8.27. The lowest BCUT2D eigenvalue weighted by atomic mass is 10.1. The van der Waals surface area contributed by atoms with E-state index in [1.807, 2.05) is 0 Å². The Morgan fingerprint density at radius 2 is 2.18 bits per heavy atom. The Balaban J connectivity index is 2.45. The van der Waals surface area contributed by atoms with Crippen LogP contribution in [0.1, 0.15) is 15.9 Å². The molecule has 0 aliphatic carbocycles. The molecule has 0 fully saturated rings. The number of nitrogens with zero attached hydrogens (tertiary/aromatic N) is 4. The van der Waals surface area contributed by atoms with Crippen molar-refractivity contribution in [1.29, 1.82) is 0 Å². The second-order valence-electron chi connectivity index (χ2n) is 3.17. The van der Waals surface area contributed by atoms with Gasteiger partial charge in [0.1, 0.15) is 6.33 Å². The fourth-order valence-corrected chi connectivity index (χ4v) is 2.95. The molecule has 1 aromatic carbocycles. The van der Waals surface area contributed by atoms with Crippen LogP contribution in [0.4, 0.5) is 0 Å². The van der Waals surface area contributed by atoms with Crippen molar-refractivity contribution in [3.63, 3.8) is 0 Å². The van der Waals surface area contributed by atoms with Gasteiger partial charge in [-0.05, 0) is 50.1 Å². The third-order valence-electron chi connectivity index (χ3n) is 2.11. The number of carbonyl (C=O) groups is 1. The van der Waals surface area contributed by atoms with E-state index in [-0.39, 0.29) is 0 Å². The summed E-state index contributed by atoms with van der Waals surface area (Å²) in [6.07, 6.45) is 1.49. The molecule has 0 saturated carbocycles. The minimum absolute atomic E-state index is 0.415. The van der Waals surface area contributed by atoms with Crippen molar-refractivity contribution in [2.24, 2.45) is 0 Å². The maximum absolute atomic E-state index is 11.2. The topological polar surface area (TPSA) is 60.7 Å². The molecule has 0 aliphatic heterocycles. The molecule has 8 heteroatoms. The molecule has 1 aromatic heterocycles. The van der Waals surface area contributed by atoms with E-state index < -0.39 is 5.24 Å². The van der Waals surface area contributed by atoms with Crippen LogP contribution >= 0.6 is 43.5 Å². The van der Waals surface area contributed by atoms with Gasteiger partial charge in [-0.2, -0.15) is 0 Å². The Bertz CT molecular complexity index is 558. The van der Waals surface area contributed by atoms with Crippen LogP contribution in [0.3, 0.4) is 0 Å². The highest BCUT2D eigenvalue weighted by molar-refractivity contribution is 9.11. The van der Waals surface area contributed by atoms with Crippen LogP contribution in [0, 0.1) is 0 Å². The number of aromatic nitrogens is 4. The standard InChI is InChI=1S/C9H5Br2ClN4O/c10-7-2-1-5(9(12)17)8(11)6(7)3-16-4-13-14-15-16/h1-2,4H,3H2. The van der Waals surface area contributed by atoms with Crippen molar-refractivity contribution in [2.45, 2.75) is 6.54 Å². The molecule has 0 bridgehead atoms. The summed E-state index contributed by atoms with van der Waals surface area (Å²) in [7, 11) is 0. The van der Waals surface area contributed by atoms with Crippen LogP contribution in [-0.4, -0.2) is 25.4 Å². The molecular formula is C9H5Br2ClN4O. The summed E-state index contributed by atoms with van der Waals surface area (Å²) in [4.78, 5) is 11.2. The Morgan fingerprint density at radius 1 is 1.41 bits per heavy atom. The second-order valence-corrected chi connectivity index (χ2v) is 5.16. The van der Waals surface area contributed by atoms with Crippen molar-refractivity contribution >= 4 is 48.7 Å². The molecule has 2 rings (SSSR count). The Labute approximate surface area is 118 Å². The summed E-state index contributed by atoms with van der Waals surface area (Å²) in [6, 6.07) is 3.41. The van der Waals surface area contributed by atoms with Gasteiger partial charge >= 0.3 is 0 Å². The first-order valence-electron chi connectivity index (χ1n) is 4.47. The van der Waals surface area contributed by atoms with Gasteiger partial charge in [-0.3, -0.25) is 4.79 Å². The van der Waals surface area contributed by atoms with Gasteiger partial charge in [-0.1, -0.05) is 15.9 Å². The SMILES string of the molecule is O=C(Cl)c1ccc(Br)c(Cn2cnnn2)c1Br. The molecule has 0 aliphatic rings. The summed E-state index contributed by atoms with van der Waals surface area (Å²) in [5, 5.41) is 10.3. The first-order chi connectivity index (χ1) is 8.09. The summed E-state index contributed by atoms with van der Waals surface area (Å²) in [5.41, 5.74) is 1.27. The third kappa shape index (κ3) is 2.72. The van der Waals surface area contributed by atoms with Crippen LogP contribution in [-0.2, 0) is 6.54 Å². The maximum Gasteiger partial charge on any atom is 0.253 e. The van der Waals surface area contributed by atoms with E-state index in [0.717, 1.165) is 10.0 Å². The third-order valence-corrected chi connectivity index (χ3v) is 3.96. The maximum atomic E-state index is 11.2. The zero-order chi connectivity index (χ0) is 12.4. The molecule has 0 unspecified atom stereocenters. The van der Waals surface area contributed by atoms with E-state index in [9.17, 15) is 4.79 Å². The van der Waals surface area contributed by atoms with Crippen LogP contribution in [0.5, 0.6) is 0 Å². The van der Waals surface area contributed by atoms with Gasteiger partial charge in [-0.15, -0.1) is 5.10 Å². The molecule has 0 N–H and O–H groups in total. The largest absolute Gasteiger partial charge is 0.276 e. The first kappa shape index (κ1) is 12.7. The predicted molar refractivity (Wildman–Crippen MR) is 68.9 cm³/mol. The monoisotopic (exact) mass is 378 g/mol. The highest BCUT2D eigenvalue weighted by Crippen LogP contribution is 2.30. The van der Waals surface area contributed by atoms with E-state index in [2.05, 4.69) is 47.4 Å². The van der Waals surface area contributed by atoms with Crippen LogP contribution in [0.2, 0.25) is 0 Å². The number of halogens is 3. The lowest BCUT2D eigenvalue weighted by molar-refractivity contribution is 0.108. The van der Waals surface area contributed by atoms with Crippen molar-refractivity contribution in [3.05, 3.63) is 38.5 Å².